The van der Waals surface area contributed by atoms with Crippen molar-refractivity contribution in [2.45, 2.75) is 0 Å². The molecule has 0 radical (unpaired) electrons. The largest absolute Gasteiger partial charge is 0.460 e. The van der Waals surface area contributed by atoms with Crippen LogP contribution < -0.4 is 0 Å². The Hall–Kier alpha value is -0.770. The Balaban J connectivity index is 2.54. The van der Waals surface area contributed by atoms with Gasteiger partial charge in [-0.3, -0.25) is 4.79 Å². The molecule has 0 unspecified atom stereocenters. The summed E-state index contributed by atoms with van der Waals surface area (Å²) in [5.41, 5.74) is 0.251. The Bertz CT molecular complexity index is 528. The maximum atomic E-state index is 12.1. The average molecular weight is 320 g/mol. The van der Waals surface area contributed by atoms with E-state index in [9.17, 15) is 4.79 Å². The first kappa shape index (κ1) is 11.7. The fourth-order valence-corrected chi connectivity index (χ4v) is 2.23. The lowest BCUT2D eigenvalue weighted by Gasteiger charge is -2.03. The van der Waals surface area contributed by atoms with Crippen LogP contribution in [0.4, 0.5) is 0 Å². The molecule has 2 nitrogen and oxygen atoms in total. The third kappa shape index (κ3) is 2.03. The van der Waals surface area contributed by atoms with Gasteiger partial charge < -0.3 is 4.42 Å². The van der Waals surface area contributed by atoms with Crippen molar-refractivity contribution >= 4 is 44.9 Å². The number of carbonyl (C=O) groups excluding carboxylic acids is 1. The van der Waals surface area contributed by atoms with Crippen molar-refractivity contribution < 1.29 is 9.21 Å². The molecule has 5 heteroatoms. The molecule has 0 spiro atoms. The van der Waals surface area contributed by atoms with Gasteiger partial charge in [-0.05, 0) is 34.1 Å². The number of carbonyl (C=O) groups is 1. The van der Waals surface area contributed by atoms with Crippen molar-refractivity contribution in [3.8, 4) is 0 Å². The van der Waals surface area contributed by atoms with E-state index in [1.165, 1.54) is 6.26 Å². The Morgan fingerprint density at radius 1 is 1.19 bits per heavy atom. The highest BCUT2D eigenvalue weighted by Gasteiger charge is 2.21. The number of furan rings is 1. The van der Waals surface area contributed by atoms with Crippen LogP contribution in [0, 0.1) is 0 Å². The summed E-state index contributed by atoms with van der Waals surface area (Å²) >= 11 is 15.1. The molecule has 1 aromatic carbocycles. The summed E-state index contributed by atoms with van der Waals surface area (Å²) in [6, 6.07) is 6.53. The van der Waals surface area contributed by atoms with Gasteiger partial charge in [0.15, 0.2) is 5.76 Å². The number of ketones is 1. The van der Waals surface area contributed by atoms with Gasteiger partial charge in [0.25, 0.3) is 0 Å². The van der Waals surface area contributed by atoms with Crippen molar-refractivity contribution in [2.24, 2.45) is 0 Å². The molecule has 1 aromatic heterocycles. The van der Waals surface area contributed by atoms with Gasteiger partial charge in [-0.25, -0.2) is 0 Å². The van der Waals surface area contributed by atoms with Crippen molar-refractivity contribution in [3.05, 3.63) is 56.4 Å². The van der Waals surface area contributed by atoms with E-state index in [2.05, 4.69) is 15.9 Å². The van der Waals surface area contributed by atoms with E-state index in [1.807, 2.05) is 0 Å². The summed E-state index contributed by atoms with van der Waals surface area (Å²) in [5, 5.41) is 0.613. The molecule has 2 rings (SSSR count). The molecule has 2 aromatic rings. The van der Waals surface area contributed by atoms with E-state index in [4.69, 9.17) is 27.6 Å². The molecule has 1 heterocycles. The Morgan fingerprint density at radius 2 is 1.81 bits per heavy atom. The first-order chi connectivity index (χ1) is 7.61. The minimum atomic E-state index is -0.340. The Morgan fingerprint density at radius 3 is 2.31 bits per heavy atom. The van der Waals surface area contributed by atoms with Crippen LogP contribution in [0.5, 0.6) is 0 Å². The van der Waals surface area contributed by atoms with Crippen molar-refractivity contribution in [1.82, 2.24) is 0 Å². The van der Waals surface area contributed by atoms with Crippen LogP contribution in [0.25, 0.3) is 0 Å². The predicted octanol–water partition coefficient (Wildman–Crippen LogP) is 4.58. The average Bonchev–Trinajstić information content (AvgIpc) is 2.64. The van der Waals surface area contributed by atoms with Crippen molar-refractivity contribution in [3.63, 3.8) is 0 Å². The van der Waals surface area contributed by atoms with Gasteiger partial charge in [-0.1, -0.05) is 29.3 Å². The maximum absolute atomic E-state index is 12.1. The fraction of sp³-hybridized carbons (Fsp3) is 0. The molecule has 0 fully saturated rings. The zero-order chi connectivity index (χ0) is 11.7. The van der Waals surface area contributed by atoms with E-state index in [0.717, 1.165) is 0 Å². The van der Waals surface area contributed by atoms with Gasteiger partial charge >= 0.3 is 0 Å². The molecule has 16 heavy (non-hydrogen) atoms. The quantitative estimate of drug-likeness (QED) is 0.758. The van der Waals surface area contributed by atoms with Crippen LogP contribution in [-0.2, 0) is 0 Å². The molecule has 0 N–H and O–H groups in total. The zero-order valence-corrected chi connectivity index (χ0v) is 10.9. The molecule has 0 saturated heterocycles. The lowest BCUT2D eigenvalue weighted by atomic mass is 10.1. The van der Waals surface area contributed by atoms with Crippen molar-refractivity contribution in [1.29, 1.82) is 0 Å². The van der Waals surface area contributed by atoms with E-state index >= 15 is 0 Å². The highest BCUT2D eigenvalue weighted by atomic mass is 79.9. The second kappa shape index (κ2) is 4.62. The predicted molar refractivity (Wildman–Crippen MR) is 66.3 cm³/mol. The molecular weight excluding hydrogens is 315 g/mol. The van der Waals surface area contributed by atoms with Gasteiger partial charge in [0, 0.05) is 0 Å². The molecule has 0 aliphatic rings. The van der Waals surface area contributed by atoms with Crippen LogP contribution in [0.1, 0.15) is 16.1 Å². The minimum Gasteiger partial charge on any atom is -0.460 e. The lowest BCUT2D eigenvalue weighted by molar-refractivity contribution is 0.101. The smallest absolute Gasteiger partial charge is 0.232 e. The summed E-state index contributed by atoms with van der Waals surface area (Å²) in [6.07, 6.45) is 1.42. The van der Waals surface area contributed by atoms with Crippen LogP contribution >= 0.6 is 39.1 Å². The summed E-state index contributed by atoms with van der Waals surface area (Å²) in [4.78, 5) is 12.1. The second-order valence-electron chi connectivity index (χ2n) is 3.02. The van der Waals surface area contributed by atoms with Crippen LogP contribution in [-0.4, -0.2) is 5.78 Å². The van der Waals surface area contributed by atoms with E-state index < -0.39 is 0 Å². The second-order valence-corrected chi connectivity index (χ2v) is 4.69. The Labute approximate surface area is 110 Å². The molecule has 82 valence electrons. The number of hydrogen-bond donors (Lipinski definition) is 0. The molecule has 0 bridgehead atoms. The highest BCUT2D eigenvalue weighted by Crippen LogP contribution is 2.29. The van der Waals surface area contributed by atoms with Gasteiger partial charge in [0.1, 0.15) is 0 Å². The molecule has 0 amide bonds. The minimum absolute atomic E-state index is 0.190. The van der Waals surface area contributed by atoms with E-state index in [-0.39, 0.29) is 17.1 Å². The van der Waals surface area contributed by atoms with Crippen LogP contribution in [0.15, 0.2) is 39.4 Å². The molecule has 0 atom stereocenters. The monoisotopic (exact) mass is 318 g/mol. The number of benzene rings is 1. The highest BCUT2D eigenvalue weighted by molar-refractivity contribution is 9.10. The third-order valence-electron chi connectivity index (χ3n) is 2.01. The first-order valence-electron chi connectivity index (χ1n) is 4.33. The molecule has 0 aliphatic heterocycles. The summed E-state index contributed by atoms with van der Waals surface area (Å²) in [7, 11) is 0. The lowest BCUT2D eigenvalue weighted by Crippen LogP contribution is -2.02. The van der Waals surface area contributed by atoms with Crippen LogP contribution in [0.3, 0.4) is 0 Å². The van der Waals surface area contributed by atoms with Gasteiger partial charge in [0.2, 0.25) is 5.78 Å². The van der Waals surface area contributed by atoms with Crippen LogP contribution in [0.2, 0.25) is 10.0 Å². The maximum Gasteiger partial charge on any atom is 0.232 e. The summed E-state index contributed by atoms with van der Waals surface area (Å²) < 4.78 is 5.65. The molecular formula is C11H5BrCl2O2. The number of hydrogen-bond acceptors (Lipinski definition) is 2. The molecule has 0 aliphatic carbocycles. The van der Waals surface area contributed by atoms with Gasteiger partial charge in [0.05, 0.1) is 26.3 Å². The summed E-state index contributed by atoms with van der Waals surface area (Å²) in [5.74, 6) is -0.150. The zero-order valence-electron chi connectivity index (χ0n) is 7.84. The van der Waals surface area contributed by atoms with E-state index in [0.29, 0.717) is 14.5 Å². The van der Waals surface area contributed by atoms with Crippen molar-refractivity contribution in [2.75, 3.05) is 0 Å². The van der Waals surface area contributed by atoms with Gasteiger partial charge in [-0.15, -0.1) is 0 Å². The fourth-order valence-electron chi connectivity index (χ4n) is 1.28. The topological polar surface area (TPSA) is 30.2 Å². The summed E-state index contributed by atoms with van der Waals surface area (Å²) in [6.45, 7) is 0. The van der Waals surface area contributed by atoms with E-state index in [1.54, 1.807) is 24.3 Å². The first-order valence-corrected chi connectivity index (χ1v) is 5.88. The van der Waals surface area contributed by atoms with Gasteiger partial charge in [-0.2, -0.15) is 0 Å². The molecule has 0 saturated carbocycles. The SMILES string of the molecule is O=C(c1occc1Br)c1c(Cl)cccc1Cl. The third-order valence-corrected chi connectivity index (χ3v) is 3.27. The number of halogens is 3. The Kier molecular flexibility index (Phi) is 3.38. The normalized spacial score (nSPS) is 10.4. The standard InChI is InChI=1S/C11H5BrCl2O2/c12-6-4-5-16-11(6)10(15)9-7(13)2-1-3-8(9)14/h1-5H. The number of rotatable bonds is 2.